The zero-order chi connectivity index (χ0) is 23.3. The highest BCUT2D eigenvalue weighted by Gasteiger charge is 2.35. The Morgan fingerprint density at radius 3 is 2.53 bits per heavy atom. The van der Waals surface area contributed by atoms with Crippen molar-refractivity contribution in [3.8, 4) is 0 Å². The number of anilines is 1. The van der Waals surface area contributed by atoms with Gasteiger partial charge in [0.25, 0.3) is 0 Å². The summed E-state index contributed by atoms with van der Waals surface area (Å²) in [4.78, 5) is 30.8. The molecular formula is C21H29N5O5S. The largest absolute Gasteiger partial charge is 0.356 e. The summed E-state index contributed by atoms with van der Waals surface area (Å²) in [7, 11) is -3.56. The summed E-state index contributed by atoms with van der Waals surface area (Å²) in [5.74, 6) is 0.319. The van der Waals surface area contributed by atoms with E-state index in [1.54, 1.807) is 32.9 Å². The van der Waals surface area contributed by atoms with E-state index < -0.39 is 15.9 Å². The van der Waals surface area contributed by atoms with Crippen LogP contribution >= 0.6 is 0 Å². The van der Waals surface area contributed by atoms with Gasteiger partial charge < -0.3 is 14.7 Å². The molecule has 0 saturated carbocycles. The fourth-order valence-corrected chi connectivity index (χ4v) is 5.14. The van der Waals surface area contributed by atoms with Crippen molar-refractivity contribution in [3.63, 3.8) is 0 Å². The highest BCUT2D eigenvalue weighted by Crippen LogP contribution is 2.27. The van der Waals surface area contributed by atoms with Crippen LogP contribution in [0.1, 0.15) is 38.4 Å². The fraction of sp³-hybridized carbons (Fsp3) is 0.524. The molecule has 0 bridgehead atoms. The summed E-state index contributed by atoms with van der Waals surface area (Å²) < 4.78 is 31.7. The zero-order valence-electron chi connectivity index (χ0n) is 18.6. The van der Waals surface area contributed by atoms with E-state index >= 15 is 0 Å². The molecule has 1 N–H and O–H groups in total. The predicted octanol–water partition coefficient (Wildman–Crippen LogP) is 1.51. The summed E-state index contributed by atoms with van der Waals surface area (Å²) in [5, 5.41) is 6.58. The summed E-state index contributed by atoms with van der Waals surface area (Å²) >= 11 is 0. The minimum Gasteiger partial charge on any atom is -0.356 e. The van der Waals surface area contributed by atoms with Gasteiger partial charge in [0, 0.05) is 44.7 Å². The third kappa shape index (κ3) is 5.33. The van der Waals surface area contributed by atoms with Gasteiger partial charge in [-0.3, -0.25) is 9.59 Å². The third-order valence-electron chi connectivity index (χ3n) is 5.42. The lowest BCUT2D eigenvalue weighted by molar-refractivity contribution is -0.126. The normalized spacial score (nSPS) is 16.7. The molecule has 1 fully saturated rings. The Bertz CT molecular complexity index is 1050. The van der Waals surface area contributed by atoms with Crippen molar-refractivity contribution in [1.29, 1.82) is 0 Å². The number of nitrogens with one attached hydrogen (secondary N) is 1. The lowest BCUT2D eigenvalue weighted by Gasteiger charge is -2.20. The van der Waals surface area contributed by atoms with Crippen molar-refractivity contribution in [2.24, 2.45) is 5.92 Å². The Morgan fingerprint density at radius 1 is 1.25 bits per heavy atom. The van der Waals surface area contributed by atoms with Crippen molar-refractivity contribution in [2.45, 2.75) is 44.9 Å². The number of aryl methyl sites for hydroxylation is 2. The lowest BCUT2D eigenvalue weighted by atomic mass is 10.1. The molecule has 1 atom stereocenters. The van der Waals surface area contributed by atoms with Crippen LogP contribution in [0.15, 0.2) is 33.7 Å². The van der Waals surface area contributed by atoms with E-state index in [1.807, 2.05) is 0 Å². The van der Waals surface area contributed by atoms with Crippen LogP contribution in [0.2, 0.25) is 0 Å². The van der Waals surface area contributed by atoms with Crippen molar-refractivity contribution < 1.29 is 22.5 Å². The van der Waals surface area contributed by atoms with E-state index in [-0.39, 0.29) is 29.7 Å². The molecule has 32 heavy (non-hydrogen) atoms. The Hall–Kier alpha value is -2.79. The Labute approximate surface area is 188 Å². The summed E-state index contributed by atoms with van der Waals surface area (Å²) in [6, 6.07) is 6.23. The van der Waals surface area contributed by atoms with Crippen LogP contribution < -0.4 is 10.2 Å². The van der Waals surface area contributed by atoms with Crippen LogP contribution in [0, 0.1) is 12.8 Å². The van der Waals surface area contributed by atoms with Gasteiger partial charge in [-0.05, 0) is 37.6 Å². The number of rotatable bonds is 10. The topological polar surface area (TPSA) is 126 Å². The lowest BCUT2D eigenvalue weighted by Crippen LogP contribution is -2.33. The minimum atomic E-state index is -3.56. The van der Waals surface area contributed by atoms with E-state index in [4.69, 9.17) is 4.52 Å². The maximum atomic E-state index is 12.6. The molecule has 0 radical (unpaired) electrons. The fourth-order valence-electron chi connectivity index (χ4n) is 3.68. The maximum Gasteiger partial charge on any atom is 0.243 e. The predicted molar refractivity (Wildman–Crippen MR) is 117 cm³/mol. The van der Waals surface area contributed by atoms with Gasteiger partial charge in [0.15, 0.2) is 5.82 Å². The molecule has 1 saturated heterocycles. The van der Waals surface area contributed by atoms with Gasteiger partial charge in [0.1, 0.15) is 0 Å². The van der Waals surface area contributed by atoms with Gasteiger partial charge in [-0.2, -0.15) is 9.29 Å². The Balaban J connectivity index is 1.55. The Morgan fingerprint density at radius 2 is 1.94 bits per heavy atom. The number of aromatic nitrogens is 2. The summed E-state index contributed by atoms with van der Waals surface area (Å²) in [6.07, 6.45) is 1.34. The van der Waals surface area contributed by atoms with Crippen molar-refractivity contribution in [2.75, 3.05) is 31.1 Å². The van der Waals surface area contributed by atoms with E-state index in [0.29, 0.717) is 49.9 Å². The standard InChI is InChI=1S/C21H29N5O5S/c1-4-25(5-2)32(29,30)18-10-8-17(9-11-18)26-14-16(13-20(26)27)21(28)22-12-6-7-19-23-15(3)24-31-19/h8-11,16H,4-7,12-14H2,1-3H3,(H,22,28). The molecule has 0 aliphatic carbocycles. The number of carbonyl (C=O) groups is 2. The van der Waals surface area contributed by atoms with E-state index in [9.17, 15) is 18.0 Å². The van der Waals surface area contributed by atoms with Crippen LogP contribution in [-0.2, 0) is 26.0 Å². The van der Waals surface area contributed by atoms with Gasteiger partial charge in [-0.1, -0.05) is 19.0 Å². The quantitative estimate of drug-likeness (QED) is 0.529. The molecule has 1 aromatic carbocycles. The Kier molecular flexibility index (Phi) is 7.62. The molecule has 0 spiro atoms. The number of benzene rings is 1. The van der Waals surface area contributed by atoms with Crippen molar-refractivity contribution in [1.82, 2.24) is 19.8 Å². The van der Waals surface area contributed by atoms with Crippen molar-refractivity contribution >= 4 is 27.5 Å². The summed E-state index contributed by atoms with van der Waals surface area (Å²) in [5.41, 5.74) is 0.579. The van der Waals surface area contributed by atoms with Crippen LogP contribution in [-0.4, -0.2) is 60.9 Å². The second-order valence-electron chi connectivity index (χ2n) is 7.62. The monoisotopic (exact) mass is 463 g/mol. The van der Waals surface area contributed by atoms with Gasteiger partial charge >= 0.3 is 0 Å². The van der Waals surface area contributed by atoms with E-state index in [2.05, 4.69) is 15.5 Å². The number of sulfonamides is 1. The van der Waals surface area contributed by atoms with Crippen LogP contribution in [0.3, 0.4) is 0 Å². The first-order valence-electron chi connectivity index (χ1n) is 10.7. The first-order chi connectivity index (χ1) is 15.3. The van der Waals surface area contributed by atoms with E-state index in [0.717, 1.165) is 0 Å². The minimum absolute atomic E-state index is 0.119. The summed E-state index contributed by atoms with van der Waals surface area (Å²) in [6.45, 7) is 6.80. The first-order valence-corrected chi connectivity index (χ1v) is 12.2. The molecule has 11 heteroatoms. The smallest absolute Gasteiger partial charge is 0.243 e. The average Bonchev–Trinajstić information content (AvgIpc) is 3.37. The molecule has 2 amide bonds. The molecular weight excluding hydrogens is 434 g/mol. The van der Waals surface area contributed by atoms with Gasteiger partial charge in [0.2, 0.25) is 27.7 Å². The average molecular weight is 464 g/mol. The van der Waals surface area contributed by atoms with Crippen LogP contribution in [0.4, 0.5) is 5.69 Å². The molecule has 174 valence electrons. The second kappa shape index (κ2) is 10.2. The van der Waals surface area contributed by atoms with Crippen molar-refractivity contribution in [3.05, 3.63) is 36.0 Å². The highest BCUT2D eigenvalue weighted by atomic mass is 32.2. The molecule has 1 aliphatic heterocycles. The zero-order valence-corrected chi connectivity index (χ0v) is 19.4. The molecule has 1 aromatic heterocycles. The molecule has 2 heterocycles. The van der Waals surface area contributed by atoms with Crippen LogP contribution in [0.5, 0.6) is 0 Å². The number of carbonyl (C=O) groups excluding carboxylic acids is 2. The number of amides is 2. The molecule has 3 rings (SSSR count). The molecule has 2 aromatic rings. The highest BCUT2D eigenvalue weighted by molar-refractivity contribution is 7.89. The van der Waals surface area contributed by atoms with Gasteiger partial charge in [-0.25, -0.2) is 8.42 Å². The third-order valence-corrected chi connectivity index (χ3v) is 7.49. The SMILES string of the molecule is CCN(CC)S(=O)(=O)c1ccc(N2CC(C(=O)NCCCc3nc(C)no3)CC2=O)cc1. The van der Waals surface area contributed by atoms with E-state index in [1.165, 1.54) is 21.3 Å². The number of hydrogen-bond acceptors (Lipinski definition) is 7. The van der Waals surface area contributed by atoms with Gasteiger partial charge in [0.05, 0.1) is 10.8 Å². The first kappa shape index (κ1) is 23.9. The maximum absolute atomic E-state index is 12.6. The number of nitrogens with zero attached hydrogens (tertiary/aromatic N) is 4. The molecule has 1 unspecified atom stereocenters. The van der Waals surface area contributed by atoms with Crippen LogP contribution in [0.25, 0.3) is 0 Å². The number of hydrogen-bond donors (Lipinski definition) is 1. The second-order valence-corrected chi connectivity index (χ2v) is 9.56. The molecule has 10 nitrogen and oxygen atoms in total. The molecule has 1 aliphatic rings. The van der Waals surface area contributed by atoms with Gasteiger partial charge in [-0.15, -0.1) is 0 Å².